The van der Waals surface area contributed by atoms with Crippen molar-refractivity contribution < 1.29 is 9.53 Å². The summed E-state index contributed by atoms with van der Waals surface area (Å²) in [5.41, 5.74) is 0.976. The summed E-state index contributed by atoms with van der Waals surface area (Å²) in [7, 11) is 1.57. The first-order valence-corrected chi connectivity index (χ1v) is 5.36. The predicted molar refractivity (Wildman–Crippen MR) is 63.1 cm³/mol. The third-order valence-electron chi connectivity index (χ3n) is 2.26. The molecule has 0 atom stereocenters. The van der Waals surface area contributed by atoms with Crippen LogP contribution < -0.4 is 5.32 Å². The Labute approximate surface area is 102 Å². The molecule has 0 aliphatic heterocycles. The zero-order valence-electron chi connectivity index (χ0n) is 9.16. The van der Waals surface area contributed by atoms with Crippen LogP contribution >= 0.6 is 11.6 Å². The molecular formula is C10H11ClN4O2. The summed E-state index contributed by atoms with van der Waals surface area (Å²) >= 11 is 5.93. The number of ether oxygens (including phenoxy) is 1. The van der Waals surface area contributed by atoms with Gasteiger partial charge in [-0.3, -0.25) is 4.79 Å². The van der Waals surface area contributed by atoms with Crippen molar-refractivity contribution in [2.75, 3.05) is 20.3 Å². The maximum absolute atomic E-state index is 11.8. The maximum Gasteiger partial charge on any atom is 0.253 e. The number of aromatic amines is 1. The summed E-state index contributed by atoms with van der Waals surface area (Å²) in [6.07, 6.45) is 2.90. The molecule has 2 aromatic rings. The van der Waals surface area contributed by atoms with Crippen molar-refractivity contribution in [2.45, 2.75) is 0 Å². The smallest absolute Gasteiger partial charge is 0.253 e. The Morgan fingerprint density at radius 3 is 3.18 bits per heavy atom. The number of nitrogens with one attached hydrogen (secondary N) is 2. The molecule has 7 heteroatoms. The lowest BCUT2D eigenvalue weighted by Gasteiger charge is -2.03. The zero-order valence-corrected chi connectivity index (χ0v) is 9.91. The van der Waals surface area contributed by atoms with E-state index in [0.29, 0.717) is 29.7 Å². The quantitative estimate of drug-likeness (QED) is 0.630. The topological polar surface area (TPSA) is 79.9 Å². The molecule has 0 radical (unpaired) electrons. The second-order valence-corrected chi connectivity index (χ2v) is 3.70. The number of fused-ring (bicyclic) bond motifs is 1. The highest BCUT2D eigenvalue weighted by Gasteiger charge is 2.15. The summed E-state index contributed by atoms with van der Waals surface area (Å²) in [6, 6.07) is 0. The first kappa shape index (κ1) is 11.8. The molecule has 2 aromatic heterocycles. The number of amides is 1. The fraction of sp³-hybridized carbons (Fsp3) is 0.300. The molecule has 0 spiro atoms. The van der Waals surface area contributed by atoms with Crippen LogP contribution in [0.25, 0.3) is 11.0 Å². The van der Waals surface area contributed by atoms with Gasteiger partial charge < -0.3 is 15.0 Å². The molecule has 90 valence electrons. The first-order valence-electron chi connectivity index (χ1n) is 4.98. The molecular weight excluding hydrogens is 244 g/mol. The second kappa shape index (κ2) is 5.11. The SMILES string of the molecule is COCCNC(=O)c1c[nH]c2ncnc(Cl)c12. The van der Waals surface area contributed by atoms with E-state index in [4.69, 9.17) is 16.3 Å². The lowest BCUT2D eigenvalue weighted by molar-refractivity contribution is 0.0939. The van der Waals surface area contributed by atoms with Gasteiger partial charge in [0, 0.05) is 19.9 Å². The minimum atomic E-state index is -0.231. The van der Waals surface area contributed by atoms with Crippen LogP contribution in [0.3, 0.4) is 0 Å². The van der Waals surface area contributed by atoms with Crippen molar-refractivity contribution in [3.05, 3.63) is 23.2 Å². The standard InChI is InChI=1S/C10H11ClN4O2/c1-17-3-2-12-10(16)6-4-13-9-7(6)8(11)14-5-15-9/h4-5H,2-3H2,1H3,(H,12,16)(H,13,14,15). The van der Waals surface area contributed by atoms with Crippen LogP contribution in [-0.4, -0.2) is 41.1 Å². The molecule has 0 bridgehead atoms. The molecule has 2 rings (SSSR count). The normalized spacial score (nSPS) is 10.7. The monoisotopic (exact) mass is 254 g/mol. The molecule has 0 aromatic carbocycles. The lowest BCUT2D eigenvalue weighted by Crippen LogP contribution is -2.26. The second-order valence-electron chi connectivity index (χ2n) is 3.34. The third-order valence-corrected chi connectivity index (χ3v) is 2.55. The molecule has 0 saturated carbocycles. The van der Waals surface area contributed by atoms with Crippen LogP contribution in [0.4, 0.5) is 0 Å². The fourth-order valence-electron chi connectivity index (χ4n) is 1.47. The van der Waals surface area contributed by atoms with Crippen molar-refractivity contribution in [1.82, 2.24) is 20.3 Å². The molecule has 0 aliphatic rings. The number of halogens is 1. The van der Waals surface area contributed by atoms with Crippen LogP contribution in [0.2, 0.25) is 5.15 Å². The Morgan fingerprint density at radius 2 is 2.41 bits per heavy atom. The number of rotatable bonds is 4. The average molecular weight is 255 g/mol. The van der Waals surface area contributed by atoms with Crippen LogP contribution in [0.1, 0.15) is 10.4 Å². The summed E-state index contributed by atoms with van der Waals surface area (Å²) in [6.45, 7) is 0.894. The Kier molecular flexibility index (Phi) is 3.55. The molecule has 1 amide bonds. The van der Waals surface area contributed by atoms with Gasteiger partial charge in [-0.1, -0.05) is 11.6 Å². The minimum Gasteiger partial charge on any atom is -0.383 e. The van der Waals surface area contributed by atoms with Crippen molar-refractivity contribution in [3.8, 4) is 0 Å². The van der Waals surface area contributed by atoms with Crippen molar-refractivity contribution in [2.24, 2.45) is 0 Å². The van der Waals surface area contributed by atoms with Crippen LogP contribution in [-0.2, 0) is 4.74 Å². The molecule has 0 aliphatic carbocycles. The van der Waals surface area contributed by atoms with Gasteiger partial charge in [0.25, 0.3) is 5.91 Å². The van der Waals surface area contributed by atoms with E-state index in [2.05, 4.69) is 20.3 Å². The van der Waals surface area contributed by atoms with E-state index in [-0.39, 0.29) is 11.1 Å². The van der Waals surface area contributed by atoms with E-state index in [1.54, 1.807) is 13.3 Å². The van der Waals surface area contributed by atoms with Gasteiger partial charge in [0.2, 0.25) is 0 Å². The molecule has 0 unspecified atom stereocenters. The Hall–Kier alpha value is -1.66. The van der Waals surface area contributed by atoms with E-state index < -0.39 is 0 Å². The highest BCUT2D eigenvalue weighted by Crippen LogP contribution is 2.22. The highest BCUT2D eigenvalue weighted by atomic mass is 35.5. The van der Waals surface area contributed by atoms with E-state index in [1.165, 1.54) is 6.33 Å². The van der Waals surface area contributed by atoms with Gasteiger partial charge in [-0.2, -0.15) is 0 Å². The Morgan fingerprint density at radius 1 is 1.59 bits per heavy atom. The number of carbonyl (C=O) groups is 1. The van der Waals surface area contributed by atoms with Crippen LogP contribution in [0, 0.1) is 0 Å². The predicted octanol–water partition coefficient (Wildman–Crippen LogP) is 0.987. The van der Waals surface area contributed by atoms with Gasteiger partial charge in [-0.25, -0.2) is 9.97 Å². The summed E-state index contributed by atoms with van der Waals surface area (Å²) in [5.74, 6) is -0.231. The molecule has 0 fully saturated rings. The van der Waals surface area contributed by atoms with Crippen LogP contribution in [0.5, 0.6) is 0 Å². The number of hydrogen-bond donors (Lipinski definition) is 2. The Balaban J connectivity index is 2.26. The van der Waals surface area contributed by atoms with Gasteiger partial charge in [0.05, 0.1) is 17.6 Å². The largest absolute Gasteiger partial charge is 0.383 e. The summed E-state index contributed by atoms with van der Waals surface area (Å²) < 4.78 is 4.85. The molecule has 2 heterocycles. The number of aromatic nitrogens is 3. The summed E-state index contributed by atoms with van der Waals surface area (Å²) in [5, 5.41) is 3.50. The van der Waals surface area contributed by atoms with Crippen molar-refractivity contribution in [3.63, 3.8) is 0 Å². The van der Waals surface area contributed by atoms with E-state index >= 15 is 0 Å². The number of H-pyrrole nitrogens is 1. The number of hydrogen-bond acceptors (Lipinski definition) is 4. The Bertz CT molecular complexity index is 540. The van der Waals surface area contributed by atoms with Gasteiger partial charge in [-0.05, 0) is 0 Å². The van der Waals surface area contributed by atoms with Crippen molar-refractivity contribution >= 4 is 28.5 Å². The molecule has 17 heavy (non-hydrogen) atoms. The van der Waals surface area contributed by atoms with E-state index in [9.17, 15) is 4.79 Å². The average Bonchev–Trinajstić information content (AvgIpc) is 2.74. The van der Waals surface area contributed by atoms with Gasteiger partial charge in [0.1, 0.15) is 17.1 Å². The fourth-order valence-corrected chi connectivity index (χ4v) is 1.70. The van der Waals surface area contributed by atoms with Gasteiger partial charge in [0.15, 0.2) is 0 Å². The number of carbonyl (C=O) groups excluding carboxylic acids is 1. The third kappa shape index (κ3) is 2.37. The van der Waals surface area contributed by atoms with E-state index in [0.717, 1.165) is 0 Å². The minimum absolute atomic E-state index is 0.231. The number of nitrogens with zero attached hydrogens (tertiary/aromatic N) is 2. The summed E-state index contributed by atoms with van der Waals surface area (Å²) in [4.78, 5) is 22.6. The zero-order chi connectivity index (χ0) is 12.3. The van der Waals surface area contributed by atoms with Gasteiger partial charge in [-0.15, -0.1) is 0 Å². The lowest BCUT2D eigenvalue weighted by atomic mass is 10.2. The van der Waals surface area contributed by atoms with Gasteiger partial charge >= 0.3 is 0 Å². The maximum atomic E-state index is 11.8. The molecule has 0 saturated heterocycles. The van der Waals surface area contributed by atoms with Crippen molar-refractivity contribution in [1.29, 1.82) is 0 Å². The number of methoxy groups -OCH3 is 1. The van der Waals surface area contributed by atoms with Crippen LogP contribution in [0.15, 0.2) is 12.5 Å². The molecule has 6 nitrogen and oxygen atoms in total. The molecule has 2 N–H and O–H groups in total. The first-order chi connectivity index (χ1) is 8.24. The highest BCUT2D eigenvalue weighted by molar-refractivity contribution is 6.35. The van der Waals surface area contributed by atoms with E-state index in [1.807, 2.05) is 0 Å².